The summed E-state index contributed by atoms with van der Waals surface area (Å²) in [7, 11) is 0. The number of nitrogens with one attached hydrogen (secondary N) is 4. The Morgan fingerprint density at radius 1 is 1.24 bits per heavy atom. The van der Waals surface area contributed by atoms with E-state index in [9.17, 15) is 22.8 Å². The number of aromatic amines is 1. The number of nitrogens with zero attached hydrogens (tertiary/aromatic N) is 3. The Balaban J connectivity index is 1.61. The number of alkyl halides is 3. The molecule has 0 spiro atoms. The SMILES string of the molecule is Cc1[nH]ncc1CCCNC(=O)c1nc(NC(=O)Nc2ccc(OC(F)(F)F)cc2)cn1C/C=C(/Cl)I. The molecule has 3 amide bonds. The van der Waals surface area contributed by atoms with Gasteiger partial charge in [0.1, 0.15) is 5.75 Å². The van der Waals surface area contributed by atoms with Crippen LogP contribution in [0.5, 0.6) is 5.75 Å². The Labute approximate surface area is 228 Å². The zero-order valence-electron chi connectivity index (χ0n) is 19.3. The first-order chi connectivity index (χ1) is 17.5. The highest BCUT2D eigenvalue weighted by Gasteiger charge is 2.31. The Bertz CT molecular complexity index is 1260. The van der Waals surface area contributed by atoms with Gasteiger partial charge in [-0.1, -0.05) is 11.6 Å². The smallest absolute Gasteiger partial charge is 0.406 e. The van der Waals surface area contributed by atoms with Gasteiger partial charge in [0.25, 0.3) is 5.91 Å². The Morgan fingerprint density at radius 3 is 2.59 bits per heavy atom. The molecule has 0 aliphatic carbocycles. The van der Waals surface area contributed by atoms with Crippen LogP contribution in [0.15, 0.2) is 45.8 Å². The molecule has 3 aromatic rings. The third-order valence-corrected chi connectivity index (χ3v) is 5.45. The number of carbonyl (C=O) groups is 2. The maximum atomic E-state index is 12.8. The van der Waals surface area contributed by atoms with Crippen molar-refractivity contribution in [3.8, 4) is 5.75 Å². The van der Waals surface area contributed by atoms with E-state index in [1.54, 1.807) is 12.3 Å². The maximum absolute atomic E-state index is 12.8. The summed E-state index contributed by atoms with van der Waals surface area (Å²) in [4.78, 5) is 29.4. The second-order valence-corrected chi connectivity index (χ2v) is 9.83. The zero-order valence-corrected chi connectivity index (χ0v) is 22.2. The van der Waals surface area contributed by atoms with Gasteiger partial charge < -0.3 is 19.9 Å². The molecular formula is C22H22ClF3IN7O3. The van der Waals surface area contributed by atoms with Gasteiger partial charge in [0.2, 0.25) is 5.82 Å². The fraction of sp³-hybridized carbons (Fsp3) is 0.273. The first kappa shape index (κ1) is 28.3. The van der Waals surface area contributed by atoms with Crippen LogP contribution < -0.4 is 20.7 Å². The molecule has 15 heteroatoms. The lowest BCUT2D eigenvalue weighted by molar-refractivity contribution is -0.274. The van der Waals surface area contributed by atoms with Crippen molar-refractivity contribution in [1.29, 1.82) is 0 Å². The van der Waals surface area contributed by atoms with E-state index < -0.39 is 24.1 Å². The first-order valence-corrected chi connectivity index (χ1v) is 12.2. The third kappa shape index (κ3) is 9.27. The quantitative estimate of drug-likeness (QED) is 0.174. The molecule has 4 N–H and O–H groups in total. The molecule has 0 saturated carbocycles. The van der Waals surface area contributed by atoms with Crippen LogP contribution in [0.3, 0.4) is 0 Å². The zero-order chi connectivity index (χ0) is 27.0. The summed E-state index contributed by atoms with van der Waals surface area (Å²) >= 11 is 7.82. The molecule has 2 heterocycles. The van der Waals surface area contributed by atoms with Gasteiger partial charge in [-0.25, -0.2) is 9.78 Å². The number of allylic oxidation sites excluding steroid dienone is 1. The molecular weight excluding hydrogens is 630 g/mol. The summed E-state index contributed by atoms with van der Waals surface area (Å²) in [6.07, 6.45) is 1.49. The molecule has 0 fully saturated rings. The summed E-state index contributed by atoms with van der Waals surface area (Å²) in [5, 5.41) is 14.6. The van der Waals surface area contributed by atoms with E-state index in [2.05, 4.69) is 35.9 Å². The van der Waals surface area contributed by atoms with Crippen molar-refractivity contribution in [3.63, 3.8) is 0 Å². The fourth-order valence-corrected chi connectivity index (χ4v) is 3.44. The molecule has 0 aliphatic rings. The molecule has 0 bridgehead atoms. The minimum Gasteiger partial charge on any atom is -0.406 e. The Morgan fingerprint density at radius 2 is 1.97 bits per heavy atom. The van der Waals surface area contributed by atoms with Gasteiger partial charge in [0.05, 0.1) is 9.24 Å². The largest absolute Gasteiger partial charge is 0.573 e. The van der Waals surface area contributed by atoms with Crippen LogP contribution in [0.1, 0.15) is 28.3 Å². The van der Waals surface area contributed by atoms with Crippen molar-refractivity contribution in [2.45, 2.75) is 32.7 Å². The summed E-state index contributed by atoms with van der Waals surface area (Å²) in [6.45, 7) is 2.55. The number of aryl methyl sites for hydroxylation is 2. The molecule has 2 aromatic heterocycles. The number of urea groups is 1. The van der Waals surface area contributed by atoms with Crippen LogP contribution in [-0.4, -0.2) is 44.6 Å². The van der Waals surface area contributed by atoms with E-state index in [0.717, 1.165) is 29.8 Å². The van der Waals surface area contributed by atoms with Crippen LogP contribution in [0.4, 0.5) is 29.5 Å². The number of hydrogen-bond donors (Lipinski definition) is 4. The minimum atomic E-state index is -4.81. The van der Waals surface area contributed by atoms with Crippen molar-refractivity contribution in [3.05, 3.63) is 62.9 Å². The first-order valence-electron chi connectivity index (χ1n) is 10.8. The minimum absolute atomic E-state index is 0.0639. The van der Waals surface area contributed by atoms with E-state index in [1.807, 2.05) is 29.5 Å². The predicted molar refractivity (Wildman–Crippen MR) is 140 cm³/mol. The highest BCUT2D eigenvalue weighted by atomic mass is 127. The number of hydrogen-bond acceptors (Lipinski definition) is 5. The predicted octanol–water partition coefficient (Wildman–Crippen LogP) is 5.34. The number of ether oxygens (including phenoxy) is 1. The van der Waals surface area contributed by atoms with Gasteiger partial charge in [-0.3, -0.25) is 15.2 Å². The normalized spacial score (nSPS) is 11.8. The van der Waals surface area contributed by atoms with Crippen LogP contribution in [0.2, 0.25) is 0 Å². The van der Waals surface area contributed by atoms with Gasteiger partial charge in [-0.05, 0) is 78.3 Å². The Hall–Kier alpha value is -3.27. The van der Waals surface area contributed by atoms with Gasteiger partial charge in [-0.2, -0.15) is 5.10 Å². The van der Waals surface area contributed by atoms with Gasteiger partial charge in [-0.15, -0.1) is 13.2 Å². The van der Waals surface area contributed by atoms with Crippen molar-refractivity contribution in [2.24, 2.45) is 0 Å². The molecule has 0 aliphatic heterocycles. The van der Waals surface area contributed by atoms with E-state index in [-0.39, 0.29) is 23.9 Å². The number of rotatable bonds is 10. The topological polar surface area (TPSA) is 126 Å². The third-order valence-electron chi connectivity index (χ3n) is 4.85. The summed E-state index contributed by atoms with van der Waals surface area (Å²) < 4.78 is 42.7. The molecule has 1 aromatic carbocycles. The van der Waals surface area contributed by atoms with Crippen molar-refractivity contribution >= 4 is 57.6 Å². The van der Waals surface area contributed by atoms with Crippen LogP contribution in [0, 0.1) is 6.92 Å². The molecule has 3 rings (SSSR count). The second-order valence-electron chi connectivity index (χ2n) is 7.63. The molecule has 0 atom stereocenters. The number of aromatic nitrogens is 4. The molecule has 10 nitrogen and oxygen atoms in total. The molecule has 37 heavy (non-hydrogen) atoms. The monoisotopic (exact) mass is 651 g/mol. The van der Waals surface area contributed by atoms with Crippen molar-refractivity contribution < 1.29 is 27.5 Å². The van der Waals surface area contributed by atoms with E-state index >= 15 is 0 Å². The molecule has 0 unspecified atom stereocenters. The number of H-pyrrole nitrogens is 1. The fourth-order valence-electron chi connectivity index (χ4n) is 3.17. The summed E-state index contributed by atoms with van der Waals surface area (Å²) in [6, 6.07) is 3.91. The number of carbonyl (C=O) groups excluding carboxylic acids is 2. The number of halogens is 5. The van der Waals surface area contributed by atoms with Gasteiger partial charge in [0.15, 0.2) is 5.82 Å². The van der Waals surface area contributed by atoms with Gasteiger partial charge >= 0.3 is 12.4 Å². The summed E-state index contributed by atoms with van der Waals surface area (Å²) in [5.41, 5.74) is 2.26. The average molecular weight is 652 g/mol. The van der Waals surface area contributed by atoms with E-state index in [1.165, 1.54) is 22.9 Å². The standard InChI is InChI=1S/C22H22ClF3IN7O3/c1-13-14(11-29-33-13)3-2-9-28-20(35)19-31-18(12-34(19)10-8-17(23)27)32-21(36)30-15-4-6-16(7-5-15)37-22(24,25)26/h4-8,11-12H,2-3,9-10H2,1H3,(H,28,35)(H,29,33)(H2,30,32,36)/b17-8-. The lowest BCUT2D eigenvalue weighted by Crippen LogP contribution is -2.28. The van der Waals surface area contributed by atoms with Crippen molar-refractivity contribution in [1.82, 2.24) is 25.1 Å². The van der Waals surface area contributed by atoms with E-state index in [4.69, 9.17) is 11.6 Å². The van der Waals surface area contributed by atoms with Crippen LogP contribution >= 0.6 is 34.2 Å². The molecule has 0 radical (unpaired) electrons. The van der Waals surface area contributed by atoms with Crippen molar-refractivity contribution in [2.75, 3.05) is 17.2 Å². The second kappa shape index (κ2) is 12.8. The highest BCUT2D eigenvalue weighted by molar-refractivity contribution is 14.1. The Kier molecular flexibility index (Phi) is 9.79. The highest BCUT2D eigenvalue weighted by Crippen LogP contribution is 2.24. The summed E-state index contributed by atoms with van der Waals surface area (Å²) in [5.74, 6) is -0.703. The molecule has 198 valence electrons. The lowest BCUT2D eigenvalue weighted by atomic mass is 10.1. The number of anilines is 2. The van der Waals surface area contributed by atoms with Gasteiger partial charge in [0, 0.05) is 30.7 Å². The molecule has 0 saturated heterocycles. The lowest BCUT2D eigenvalue weighted by Gasteiger charge is -2.10. The number of imidazole rings is 1. The number of benzene rings is 1. The number of amides is 3. The van der Waals surface area contributed by atoms with E-state index in [0.29, 0.717) is 16.0 Å². The average Bonchev–Trinajstić information content (AvgIpc) is 3.41. The van der Waals surface area contributed by atoms with Crippen LogP contribution in [-0.2, 0) is 13.0 Å². The van der Waals surface area contributed by atoms with Crippen LogP contribution in [0.25, 0.3) is 0 Å². The maximum Gasteiger partial charge on any atom is 0.573 e.